The van der Waals surface area contributed by atoms with Gasteiger partial charge in [0.25, 0.3) is 0 Å². The number of carbonyl (C=O) groups excluding carboxylic acids is 1. The molecule has 344 valence electrons. The lowest BCUT2D eigenvalue weighted by atomic mass is 9.95. The molecule has 12 nitrogen and oxygen atoms in total. The van der Waals surface area contributed by atoms with Gasteiger partial charge in [-0.15, -0.1) is 6.42 Å². The van der Waals surface area contributed by atoms with Gasteiger partial charge in [0.15, 0.2) is 5.82 Å². The summed E-state index contributed by atoms with van der Waals surface area (Å²) in [6.45, 7) is 16.1. The van der Waals surface area contributed by atoms with Crippen molar-refractivity contribution in [2.75, 3.05) is 50.8 Å². The third-order valence-electron chi connectivity index (χ3n) is 10.7. The number of aliphatic carboxylic acids is 1. The molecule has 0 saturated carbocycles. The number of carboxylic acids is 1. The summed E-state index contributed by atoms with van der Waals surface area (Å²) in [7, 11) is 0. The van der Waals surface area contributed by atoms with Crippen LogP contribution >= 0.6 is 0 Å². The highest BCUT2D eigenvalue weighted by Crippen LogP contribution is 2.41. The van der Waals surface area contributed by atoms with E-state index in [1.165, 1.54) is 43.0 Å². The molecule has 3 saturated heterocycles. The normalized spacial score (nSPS) is 16.5. The number of fused-ring (bicyclic) bond motifs is 3. The van der Waals surface area contributed by atoms with E-state index < -0.39 is 23.8 Å². The number of rotatable bonds is 9. The van der Waals surface area contributed by atoms with Gasteiger partial charge in [0, 0.05) is 36.3 Å². The van der Waals surface area contributed by atoms with Crippen molar-refractivity contribution < 1.29 is 46.5 Å². The molecule has 1 unspecified atom stereocenters. The molecule has 0 bridgehead atoms. The number of aromatic hydroxyl groups is 1. The molecule has 4 N–H and O–H groups in total. The van der Waals surface area contributed by atoms with E-state index in [4.69, 9.17) is 26.0 Å². The van der Waals surface area contributed by atoms with Crippen molar-refractivity contribution in [2.45, 2.75) is 96.8 Å². The zero-order valence-electron chi connectivity index (χ0n) is 36.7. The first-order valence-electron chi connectivity index (χ1n) is 21.5. The summed E-state index contributed by atoms with van der Waals surface area (Å²) in [5, 5.41) is 25.0. The van der Waals surface area contributed by atoms with Gasteiger partial charge in [-0.1, -0.05) is 70.9 Å². The van der Waals surface area contributed by atoms with E-state index in [9.17, 15) is 27.5 Å². The standard InChI is InChI=1S/C40H41F2N7O3.C3H8.C2HF3O2.C2H6/c1-3-29-32(41)13-12-26-21-28(50)22-30(34(26)29)36-35(42)37-31(23-45-36)38(47-39(46-37)52-25-40-14-9-19-49(40)20-10-15-40)48-18-8-5-11-27(24-48)43-16-6-7-17-44-33(51)4-2;1-3-2;3-2(4,5)1(6)7;1-2/h1,4,12-13,21-23,27,43,50H,2,5,8-11,14-20,24-25H2,(H,44,51);3H2,1-2H3;(H,6,7);1-2H3. The van der Waals surface area contributed by atoms with Crippen LogP contribution in [0.1, 0.15) is 84.6 Å². The lowest BCUT2D eigenvalue weighted by Gasteiger charge is -2.31. The molecule has 2 aromatic heterocycles. The first-order chi connectivity index (χ1) is 30.7. The van der Waals surface area contributed by atoms with Gasteiger partial charge in [-0.05, 0) is 81.3 Å². The smallest absolute Gasteiger partial charge is 0.490 e. The summed E-state index contributed by atoms with van der Waals surface area (Å²) in [4.78, 5) is 39.0. The quantitative estimate of drug-likeness (QED) is 0.0732. The fourth-order valence-electron chi connectivity index (χ4n) is 7.95. The second-order valence-corrected chi connectivity index (χ2v) is 15.2. The number of carbonyl (C=O) groups is 2. The molecule has 5 heterocycles. The molecule has 1 amide bonds. The van der Waals surface area contributed by atoms with E-state index in [1.807, 2.05) is 13.8 Å². The summed E-state index contributed by atoms with van der Waals surface area (Å²) in [6, 6.07) is 5.65. The number of anilines is 1. The van der Waals surface area contributed by atoms with Crippen LogP contribution in [-0.2, 0) is 9.59 Å². The minimum atomic E-state index is -5.08. The van der Waals surface area contributed by atoms with Gasteiger partial charge in [0.1, 0.15) is 35.2 Å². The van der Waals surface area contributed by atoms with Crippen LogP contribution in [0.2, 0.25) is 0 Å². The van der Waals surface area contributed by atoms with Crippen LogP contribution < -0.4 is 20.3 Å². The molecule has 64 heavy (non-hydrogen) atoms. The highest BCUT2D eigenvalue weighted by molar-refractivity contribution is 6.03. The predicted molar refractivity (Wildman–Crippen MR) is 238 cm³/mol. The molecule has 2 aromatic carbocycles. The number of terminal acetylenes is 1. The Balaban J connectivity index is 0.000000668. The number of phenols is 1. The van der Waals surface area contributed by atoms with Crippen LogP contribution in [-0.4, -0.2) is 106 Å². The molecule has 4 aromatic rings. The molecule has 0 spiro atoms. The Morgan fingerprint density at radius 1 is 1.05 bits per heavy atom. The summed E-state index contributed by atoms with van der Waals surface area (Å²) in [5.74, 6) is 4.33. The van der Waals surface area contributed by atoms with Crippen LogP contribution in [0.4, 0.5) is 27.8 Å². The fourth-order valence-corrected chi connectivity index (χ4v) is 7.95. The van der Waals surface area contributed by atoms with Gasteiger partial charge >= 0.3 is 18.2 Å². The maximum Gasteiger partial charge on any atom is 0.490 e. The number of hydrogen-bond acceptors (Lipinski definition) is 10. The number of halogens is 5. The van der Waals surface area contributed by atoms with E-state index in [0.717, 1.165) is 58.0 Å². The Morgan fingerprint density at radius 2 is 1.72 bits per heavy atom. The SMILES string of the molecule is C#Cc1c(F)ccc2cc(O)cc(-c3ncc4c(N5CCCCC(NCC#CCNC(=O)C=C)C5)nc(OCC56CCCN5CCC6)nc4c3F)c12.CC.CCC.O=C(O)C(F)(F)F. The highest BCUT2D eigenvalue weighted by atomic mass is 19.4. The average Bonchev–Trinajstić information content (AvgIpc) is 3.77. The molecule has 0 aliphatic carbocycles. The molecule has 7 rings (SSSR count). The van der Waals surface area contributed by atoms with Gasteiger partial charge in [-0.3, -0.25) is 14.7 Å². The topological polar surface area (TPSA) is 153 Å². The molecule has 3 aliphatic heterocycles. The van der Waals surface area contributed by atoms with Gasteiger partial charge in [0.05, 0.1) is 29.6 Å². The van der Waals surface area contributed by atoms with E-state index in [2.05, 4.69) is 68.6 Å². The Kier molecular flexibility index (Phi) is 18.7. The van der Waals surface area contributed by atoms with Crippen molar-refractivity contribution >= 4 is 39.4 Å². The lowest BCUT2D eigenvalue weighted by Crippen LogP contribution is -2.43. The summed E-state index contributed by atoms with van der Waals surface area (Å²) >= 11 is 0. The molecule has 3 fully saturated rings. The second-order valence-electron chi connectivity index (χ2n) is 15.2. The first kappa shape index (κ1) is 50.6. The van der Waals surface area contributed by atoms with Crippen LogP contribution in [0.5, 0.6) is 11.8 Å². The number of nitrogens with zero attached hydrogens (tertiary/aromatic N) is 5. The third-order valence-corrected chi connectivity index (χ3v) is 10.7. The van der Waals surface area contributed by atoms with Gasteiger partial charge in [0.2, 0.25) is 5.91 Å². The minimum absolute atomic E-state index is 0.00791. The number of ether oxygens (including phenoxy) is 1. The monoisotopic (exact) mass is 893 g/mol. The van der Waals surface area contributed by atoms with Crippen molar-refractivity contribution in [3.05, 3.63) is 60.3 Å². The largest absolute Gasteiger partial charge is 0.508 e. The highest BCUT2D eigenvalue weighted by Gasteiger charge is 2.45. The summed E-state index contributed by atoms with van der Waals surface area (Å²) < 4.78 is 70.1. The summed E-state index contributed by atoms with van der Waals surface area (Å²) in [5.41, 5.74) is -0.0918. The van der Waals surface area contributed by atoms with Gasteiger partial charge < -0.3 is 30.5 Å². The number of phenolic OH excluding ortho intramolecular Hbond substituents is 1. The number of benzene rings is 2. The number of carboxylic acid groups (broad SMARTS) is 1. The molecular formula is C47H56F5N7O5. The van der Waals surface area contributed by atoms with E-state index in [1.54, 1.807) is 0 Å². The number of pyridine rings is 1. The van der Waals surface area contributed by atoms with Gasteiger partial charge in [-0.2, -0.15) is 23.1 Å². The number of nitrogens with one attached hydrogen (secondary N) is 2. The Hall–Kier alpha value is -6.04. The molecule has 3 aliphatic rings. The predicted octanol–water partition coefficient (Wildman–Crippen LogP) is 8.15. The van der Waals surface area contributed by atoms with Crippen LogP contribution in [0.3, 0.4) is 0 Å². The zero-order valence-corrected chi connectivity index (χ0v) is 36.7. The van der Waals surface area contributed by atoms with E-state index >= 15 is 4.39 Å². The Bertz CT molecular complexity index is 2370. The fraction of sp³-hybridized carbons (Fsp3) is 0.468. The van der Waals surface area contributed by atoms with Crippen LogP contribution in [0, 0.1) is 35.8 Å². The second kappa shape index (κ2) is 23.6. The van der Waals surface area contributed by atoms with Crippen LogP contribution in [0.25, 0.3) is 32.9 Å². The third kappa shape index (κ3) is 12.6. The van der Waals surface area contributed by atoms with Crippen molar-refractivity contribution in [3.63, 3.8) is 0 Å². The van der Waals surface area contributed by atoms with Crippen LogP contribution in [0.15, 0.2) is 43.1 Å². The Morgan fingerprint density at radius 3 is 2.36 bits per heavy atom. The zero-order chi connectivity index (χ0) is 47.0. The maximum atomic E-state index is 17.0. The maximum absolute atomic E-state index is 17.0. The van der Waals surface area contributed by atoms with Crippen molar-refractivity contribution in [2.24, 2.45) is 0 Å². The number of hydrogen-bond donors (Lipinski definition) is 4. The molecular weight excluding hydrogens is 838 g/mol. The number of aromatic nitrogens is 3. The molecule has 0 radical (unpaired) electrons. The summed E-state index contributed by atoms with van der Waals surface area (Å²) in [6.07, 6.45) is 11.6. The van der Waals surface area contributed by atoms with E-state index in [0.29, 0.717) is 42.8 Å². The van der Waals surface area contributed by atoms with E-state index in [-0.39, 0.29) is 63.5 Å². The number of alkyl halides is 3. The molecule has 17 heteroatoms. The van der Waals surface area contributed by atoms with Gasteiger partial charge in [-0.25, -0.2) is 13.6 Å². The number of amides is 1. The first-order valence-corrected chi connectivity index (χ1v) is 21.5. The average molecular weight is 894 g/mol. The Labute approximate surface area is 370 Å². The lowest BCUT2D eigenvalue weighted by molar-refractivity contribution is -0.192. The molecule has 1 atom stereocenters. The van der Waals surface area contributed by atoms with Crippen molar-refractivity contribution in [1.29, 1.82) is 0 Å². The van der Waals surface area contributed by atoms with Crippen molar-refractivity contribution in [1.82, 2.24) is 30.5 Å². The van der Waals surface area contributed by atoms with Crippen molar-refractivity contribution in [3.8, 4) is 47.2 Å². The minimum Gasteiger partial charge on any atom is -0.508 e.